The van der Waals surface area contributed by atoms with Gasteiger partial charge in [0.1, 0.15) is 24.4 Å². The maximum atomic E-state index is 9.76. The molecule has 0 aromatic rings. The van der Waals surface area contributed by atoms with E-state index < -0.39 is 24.4 Å². The van der Waals surface area contributed by atoms with Crippen molar-refractivity contribution in [2.24, 2.45) is 5.73 Å². The molecule has 5 N–H and O–H groups in total. The van der Waals surface area contributed by atoms with Crippen molar-refractivity contribution in [3.05, 3.63) is 0 Å². The van der Waals surface area contributed by atoms with Gasteiger partial charge in [-0.2, -0.15) is 0 Å². The molecule has 6 nitrogen and oxygen atoms in total. The second-order valence-electron chi connectivity index (χ2n) is 4.07. The van der Waals surface area contributed by atoms with Gasteiger partial charge in [0, 0.05) is 13.0 Å². The molecule has 0 bridgehead atoms. The topological polar surface area (TPSA) is 105 Å². The lowest BCUT2D eigenvalue weighted by molar-refractivity contribution is -0.217. The number of hydrogen-bond donors (Lipinski definition) is 4. The Labute approximate surface area is 87.6 Å². The molecule has 15 heavy (non-hydrogen) atoms. The average molecular weight is 219 g/mol. The average Bonchev–Trinajstić information content (AvgIpc) is 2.66. The molecule has 2 fully saturated rings. The van der Waals surface area contributed by atoms with Gasteiger partial charge < -0.3 is 30.5 Å². The Morgan fingerprint density at radius 2 is 1.93 bits per heavy atom. The standard InChI is InChI=1S/C9H17NO5/c10-2-4-1-5-9(14-4)8(13)7(12)6(3-11)15-5/h4-9,11-13H,1-3,10H2/t4?,5-,6+,7+,8-,9-/m0/s1. The number of aliphatic hydroxyl groups excluding tert-OH is 3. The normalized spacial score (nSPS) is 50.4. The molecule has 0 aromatic carbocycles. The van der Waals surface area contributed by atoms with Gasteiger partial charge in [0.05, 0.1) is 18.8 Å². The number of rotatable bonds is 2. The molecular formula is C9H17NO5. The van der Waals surface area contributed by atoms with Gasteiger partial charge in [-0.1, -0.05) is 0 Å². The van der Waals surface area contributed by atoms with Crippen molar-refractivity contribution in [1.82, 2.24) is 0 Å². The van der Waals surface area contributed by atoms with Crippen molar-refractivity contribution in [2.75, 3.05) is 13.2 Å². The molecule has 0 radical (unpaired) electrons. The second-order valence-corrected chi connectivity index (χ2v) is 4.07. The van der Waals surface area contributed by atoms with Gasteiger partial charge in [-0.05, 0) is 0 Å². The predicted octanol–water partition coefficient (Wildman–Crippen LogP) is -2.42. The van der Waals surface area contributed by atoms with Crippen LogP contribution in [-0.4, -0.2) is 65.1 Å². The summed E-state index contributed by atoms with van der Waals surface area (Å²) in [5.74, 6) is 0. The van der Waals surface area contributed by atoms with Gasteiger partial charge >= 0.3 is 0 Å². The molecule has 88 valence electrons. The molecule has 0 aromatic heterocycles. The van der Waals surface area contributed by atoms with Crippen molar-refractivity contribution >= 4 is 0 Å². The summed E-state index contributed by atoms with van der Waals surface area (Å²) >= 11 is 0. The fourth-order valence-electron chi connectivity index (χ4n) is 2.21. The minimum atomic E-state index is -1.10. The van der Waals surface area contributed by atoms with Gasteiger partial charge in [0.2, 0.25) is 0 Å². The summed E-state index contributed by atoms with van der Waals surface area (Å²) < 4.78 is 10.9. The summed E-state index contributed by atoms with van der Waals surface area (Å²) in [7, 11) is 0. The molecule has 2 heterocycles. The minimum Gasteiger partial charge on any atom is -0.394 e. The molecule has 0 spiro atoms. The van der Waals surface area contributed by atoms with Crippen LogP contribution in [-0.2, 0) is 9.47 Å². The Kier molecular flexibility index (Phi) is 3.24. The van der Waals surface area contributed by atoms with Crippen molar-refractivity contribution in [2.45, 2.75) is 43.0 Å². The highest BCUT2D eigenvalue weighted by molar-refractivity contribution is 4.97. The zero-order valence-electron chi connectivity index (χ0n) is 8.32. The lowest BCUT2D eigenvalue weighted by Gasteiger charge is -2.38. The largest absolute Gasteiger partial charge is 0.394 e. The molecule has 1 unspecified atom stereocenters. The molecule has 2 saturated heterocycles. The first-order valence-electron chi connectivity index (χ1n) is 5.15. The van der Waals surface area contributed by atoms with Gasteiger partial charge in [-0.3, -0.25) is 0 Å². The lowest BCUT2D eigenvalue weighted by Crippen LogP contribution is -2.57. The van der Waals surface area contributed by atoms with E-state index in [1.165, 1.54) is 0 Å². The van der Waals surface area contributed by atoms with Crippen molar-refractivity contribution < 1.29 is 24.8 Å². The fourth-order valence-corrected chi connectivity index (χ4v) is 2.21. The van der Waals surface area contributed by atoms with E-state index in [4.69, 9.17) is 20.3 Å². The number of ether oxygens (including phenoxy) is 2. The third-order valence-corrected chi connectivity index (χ3v) is 3.07. The van der Waals surface area contributed by atoms with Crippen LogP contribution in [0.3, 0.4) is 0 Å². The summed E-state index contributed by atoms with van der Waals surface area (Å²) in [6.07, 6.45) is -3.21. The van der Waals surface area contributed by atoms with E-state index in [-0.39, 0.29) is 18.8 Å². The molecule has 0 amide bonds. The number of hydrogen-bond acceptors (Lipinski definition) is 6. The van der Waals surface area contributed by atoms with Gasteiger partial charge in [-0.25, -0.2) is 0 Å². The summed E-state index contributed by atoms with van der Waals surface area (Å²) in [5.41, 5.74) is 5.46. The highest BCUT2D eigenvalue weighted by Crippen LogP contribution is 2.32. The van der Waals surface area contributed by atoms with Crippen LogP contribution in [0.1, 0.15) is 6.42 Å². The van der Waals surface area contributed by atoms with Gasteiger partial charge in [0.25, 0.3) is 0 Å². The van der Waals surface area contributed by atoms with Crippen LogP contribution in [0.25, 0.3) is 0 Å². The second kappa shape index (κ2) is 4.32. The summed E-state index contributed by atoms with van der Waals surface area (Å²) in [5, 5.41) is 28.3. The van der Waals surface area contributed by atoms with E-state index in [0.717, 1.165) is 0 Å². The Balaban J connectivity index is 2.06. The van der Waals surface area contributed by atoms with Crippen molar-refractivity contribution in [1.29, 1.82) is 0 Å². The van der Waals surface area contributed by atoms with E-state index in [1.54, 1.807) is 0 Å². The molecular weight excluding hydrogens is 202 g/mol. The SMILES string of the molecule is NCC1C[C@@H]2O[C@H](CO)[C@@H](O)[C@H](O)[C@H]2O1. The highest BCUT2D eigenvalue weighted by Gasteiger charge is 2.49. The zero-order chi connectivity index (χ0) is 11.0. The highest BCUT2D eigenvalue weighted by atomic mass is 16.6. The van der Waals surface area contributed by atoms with Crippen LogP contribution in [0, 0.1) is 0 Å². The summed E-state index contributed by atoms with van der Waals surface area (Å²) in [6, 6.07) is 0. The quantitative estimate of drug-likeness (QED) is 0.412. The van der Waals surface area contributed by atoms with Crippen LogP contribution in [0.15, 0.2) is 0 Å². The Hall–Kier alpha value is -0.240. The van der Waals surface area contributed by atoms with Crippen molar-refractivity contribution in [3.63, 3.8) is 0 Å². The molecule has 0 aliphatic carbocycles. The van der Waals surface area contributed by atoms with Crippen LogP contribution in [0.5, 0.6) is 0 Å². The Bertz CT molecular complexity index is 227. The predicted molar refractivity (Wildman–Crippen MR) is 50.1 cm³/mol. The minimum absolute atomic E-state index is 0.140. The third-order valence-electron chi connectivity index (χ3n) is 3.07. The van der Waals surface area contributed by atoms with Gasteiger partial charge in [0.15, 0.2) is 0 Å². The van der Waals surface area contributed by atoms with E-state index >= 15 is 0 Å². The first-order chi connectivity index (χ1) is 7.17. The Morgan fingerprint density at radius 3 is 2.53 bits per heavy atom. The number of fused-ring (bicyclic) bond motifs is 1. The van der Waals surface area contributed by atoms with E-state index in [9.17, 15) is 10.2 Å². The third kappa shape index (κ3) is 1.89. The number of aliphatic hydroxyl groups is 3. The molecule has 0 saturated carbocycles. The van der Waals surface area contributed by atoms with Crippen LogP contribution in [0.4, 0.5) is 0 Å². The smallest absolute Gasteiger partial charge is 0.113 e. The monoisotopic (exact) mass is 219 g/mol. The maximum absolute atomic E-state index is 9.76. The molecule has 2 rings (SSSR count). The lowest BCUT2D eigenvalue weighted by atomic mass is 9.95. The zero-order valence-corrected chi connectivity index (χ0v) is 8.32. The molecule has 2 aliphatic rings. The molecule has 6 heteroatoms. The van der Waals surface area contributed by atoms with E-state index in [1.807, 2.05) is 0 Å². The fraction of sp³-hybridized carbons (Fsp3) is 1.00. The molecule has 2 aliphatic heterocycles. The van der Waals surface area contributed by atoms with Crippen LogP contribution >= 0.6 is 0 Å². The first kappa shape index (κ1) is 11.3. The number of nitrogens with two attached hydrogens (primary N) is 1. The Morgan fingerprint density at radius 1 is 1.20 bits per heavy atom. The summed E-state index contributed by atoms with van der Waals surface area (Å²) in [6.45, 7) is 0.0533. The summed E-state index contributed by atoms with van der Waals surface area (Å²) in [4.78, 5) is 0. The van der Waals surface area contributed by atoms with Gasteiger partial charge in [-0.15, -0.1) is 0 Å². The molecule has 6 atom stereocenters. The van der Waals surface area contributed by atoms with E-state index in [2.05, 4.69) is 0 Å². The van der Waals surface area contributed by atoms with Crippen LogP contribution in [0.2, 0.25) is 0 Å². The maximum Gasteiger partial charge on any atom is 0.113 e. The first-order valence-corrected chi connectivity index (χ1v) is 5.15. The van der Waals surface area contributed by atoms with E-state index in [0.29, 0.717) is 13.0 Å². The van der Waals surface area contributed by atoms with Crippen LogP contribution < -0.4 is 5.73 Å². The van der Waals surface area contributed by atoms with Crippen molar-refractivity contribution in [3.8, 4) is 0 Å².